The van der Waals surface area contributed by atoms with Crippen LogP contribution in [0.3, 0.4) is 0 Å². The predicted molar refractivity (Wildman–Crippen MR) is 131 cm³/mol. The first-order valence-electron chi connectivity index (χ1n) is 9.37. The molecule has 32 heavy (non-hydrogen) atoms. The summed E-state index contributed by atoms with van der Waals surface area (Å²) in [4.78, 5) is 7.73. The molecule has 162 valence electrons. The van der Waals surface area contributed by atoms with Gasteiger partial charge in [-0.25, -0.2) is 9.37 Å². The minimum Gasteiger partial charge on any atom is -0.457 e. The zero-order valence-corrected chi connectivity index (χ0v) is 18.9. The molecule has 0 aliphatic heterocycles. The van der Waals surface area contributed by atoms with E-state index >= 15 is 0 Å². The number of hydrogen-bond acceptors (Lipinski definition) is 4. The van der Waals surface area contributed by atoms with Crippen LogP contribution in [0.5, 0.6) is 11.5 Å². The largest absolute Gasteiger partial charge is 0.457 e. The molecule has 4 rings (SSSR count). The molecule has 10 heteroatoms. The third-order valence-corrected chi connectivity index (χ3v) is 5.09. The van der Waals surface area contributed by atoms with Crippen molar-refractivity contribution in [3.8, 4) is 11.5 Å². The van der Waals surface area contributed by atoms with Crippen LogP contribution in [0.15, 0.2) is 65.8 Å². The number of imidazole rings is 1. The Balaban J connectivity index is 1.44. The third kappa shape index (κ3) is 5.34. The van der Waals surface area contributed by atoms with Gasteiger partial charge in [-0.15, -0.1) is 0 Å². The average Bonchev–Trinajstić information content (AvgIpc) is 3.19. The Morgan fingerprint density at radius 1 is 1.06 bits per heavy atom. The topological polar surface area (TPSA) is 74.3 Å². The van der Waals surface area contributed by atoms with Gasteiger partial charge in [0.05, 0.1) is 21.7 Å². The molecule has 0 atom stereocenters. The molecule has 1 heterocycles. The van der Waals surface area contributed by atoms with Crippen molar-refractivity contribution in [1.82, 2.24) is 15.4 Å². The lowest BCUT2D eigenvalue weighted by atomic mass is 10.3. The second kappa shape index (κ2) is 9.52. The number of benzene rings is 3. The van der Waals surface area contributed by atoms with Gasteiger partial charge in [0.25, 0.3) is 0 Å². The molecule has 0 saturated carbocycles. The molecule has 0 fully saturated rings. The molecule has 0 unspecified atom stereocenters. The number of ether oxygens (including phenoxy) is 1. The van der Waals surface area contributed by atoms with Gasteiger partial charge in [0, 0.05) is 11.1 Å². The molecule has 6 nitrogen and oxygen atoms in total. The fourth-order valence-corrected chi connectivity index (χ4v) is 3.40. The summed E-state index contributed by atoms with van der Waals surface area (Å²) >= 11 is 17.3. The highest BCUT2D eigenvalue weighted by Crippen LogP contribution is 2.26. The normalized spacial score (nSPS) is 11.4. The van der Waals surface area contributed by atoms with Crippen molar-refractivity contribution in [2.75, 3.05) is 5.32 Å². The summed E-state index contributed by atoms with van der Waals surface area (Å²) in [6.07, 6.45) is 0. The van der Waals surface area contributed by atoms with Gasteiger partial charge >= 0.3 is 0 Å². The maximum Gasteiger partial charge on any atom is 0.191 e. The van der Waals surface area contributed by atoms with Gasteiger partial charge in [-0.2, -0.15) is 5.10 Å². The fourth-order valence-electron chi connectivity index (χ4n) is 2.79. The Morgan fingerprint density at radius 3 is 2.56 bits per heavy atom. The highest BCUT2D eigenvalue weighted by atomic mass is 35.5. The number of anilines is 1. The number of fused-ring (bicyclic) bond motifs is 1. The second-order valence-corrected chi connectivity index (χ2v) is 7.96. The van der Waals surface area contributed by atoms with E-state index < -0.39 is 0 Å². The van der Waals surface area contributed by atoms with E-state index in [2.05, 4.69) is 25.8 Å². The van der Waals surface area contributed by atoms with Crippen molar-refractivity contribution in [3.63, 3.8) is 0 Å². The molecule has 0 bridgehead atoms. The summed E-state index contributed by atoms with van der Waals surface area (Å²) in [5, 5.41) is 8.46. The van der Waals surface area contributed by atoms with Crippen LogP contribution in [0.2, 0.25) is 10.0 Å². The number of aromatic nitrogens is 2. The molecule has 0 spiro atoms. The van der Waals surface area contributed by atoms with Crippen molar-refractivity contribution in [2.45, 2.75) is 6.92 Å². The summed E-state index contributed by atoms with van der Waals surface area (Å²) < 4.78 is 18.8. The molecule has 1 aromatic heterocycles. The summed E-state index contributed by atoms with van der Waals surface area (Å²) in [5.41, 5.74) is 5.48. The first kappa shape index (κ1) is 22.0. The Hall–Kier alpha value is -3.20. The summed E-state index contributed by atoms with van der Waals surface area (Å²) in [6, 6.07) is 16.3. The van der Waals surface area contributed by atoms with Crippen molar-refractivity contribution in [1.29, 1.82) is 0 Å². The monoisotopic (exact) mass is 487 g/mol. The van der Waals surface area contributed by atoms with Crippen molar-refractivity contribution >= 4 is 63.0 Å². The van der Waals surface area contributed by atoms with Crippen LogP contribution in [0.4, 0.5) is 10.1 Å². The second-order valence-electron chi connectivity index (χ2n) is 6.71. The van der Waals surface area contributed by atoms with E-state index in [0.717, 1.165) is 11.0 Å². The quantitative estimate of drug-likeness (QED) is 0.170. The predicted octanol–water partition coefficient (Wildman–Crippen LogP) is 6.51. The van der Waals surface area contributed by atoms with Crippen LogP contribution in [0, 0.1) is 5.82 Å². The van der Waals surface area contributed by atoms with Crippen LogP contribution >= 0.6 is 35.4 Å². The molecule has 3 N–H and O–H groups in total. The maximum absolute atomic E-state index is 13.1. The van der Waals surface area contributed by atoms with Gasteiger partial charge in [0.15, 0.2) is 10.9 Å². The van der Waals surface area contributed by atoms with Crippen LogP contribution in [0.25, 0.3) is 11.0 Å². The van der Waals surface area contributed by atoms with E-state index in [1.807, 2.05) is 12.1 Å². The van der Waals surface area contributed by atoms with E-state index in [1.165, 1.54) is 12.1 Å². The first-order chi connectivity index (χ1) is 15.4. The first-order valence-corrected chi connectivity index (χ1v) is 10.5. The Bertz CT molecular complexity index is 1320. The van der Waals surface area contributed by atoms with Gasteiger partial charge in [0.1, 0.15) is 23.0 Å². The van der Waals surface area contributed by atoms with Crippen LogP contribution in [-0.2, 0) is 0 Å². The minimum absolute atomic E-state index is 0.264. The highest BCUT2D eigenvalue weighted by molar-refractivity contribution is 7.80. The lowest BCUT2D eigenvalue weighted by molar-refractivity contribution is 0.481. The Labute approximate surface area is 198 Å². The maximum atomic E-state index is 13.1. The number of aromatic amines is 1. The van der Waals surface area contributed by atoms with Gasteiger partial charge in [-0.3, -0.25) is 5.43 Å². The van der Waals surface area contributed by atoms with Crippen molar-refractivity contribution < 1.29 is 9.13 Å². The lowest BCUT2D eigenvalue weighted by Gasteiger charge is -2.09. The number of nitrogens with one attached hydrogen (secondary N) is 3. The number of thiocarbonyl (C=S) groups is 1. The smallest absolute Gasteiger partial charge is 0.191 e. The number of rotatable bonds is 5. The molecular weight excluding hydrogens is 472 g/mol. The number of hydrogen-bond donors (Lipinski definition) is 3. The lowest BCUT2D eigenvalue weighted by Crippen LogP contribution is -2.25. The molecule has 0 amide bonds. The molecule has 0 radical (unpaired) electrons. The number of H-pyrrole nitrogens is 1. The fraction of sp³-hybridized carbons (Fsp3) is 0.0455. The molecule has 0 aliphatic carbocycles. The molecule has 0 aliphatic rings. The van der Waals surface area contributed by atoms with Crippen LogP contribution in [-0.4, -0.2) is 20.8 Å². The van der Waals surface area contributed by atoms with E-state index in [1.54, 1.807) is 43.3 Å². The van der Waals surface area contributed by atoms with Crippen LogP contribution < -0.4 is 15.5 Å². The van der Waals surface area contributed by atoms with Gasteiger partial charge in [-0.1, -0.05) is 23.2 Å². The number of nitrogens with zero attached hydrogens (tertiary/aromatic N) is 2. The van der Waals surface area contributed by atoms with Gasteiger partial charge in [-0.05, 0) is 73.7 Å². The van der Waals surface area contributed by atoms with Gasteiger partial charge < -0.3 is 15.0 Å². The number of halogens is 3. The zero-order valence-electron chi connectivity index (χ0n) is 16.6. The van der Waals surface area contributed by atoms with Gasteiger partial charge in [0.2, 0.25) is 0 Å². The molecule has 3 aromatic carbocycles. The third-order valence-electron chi connectivity index (χ3n) is 4.35. The summed E-state index contributed by atoms with van der Waals surface area (Å²) in [6.45, 7) is 1.79. The highest BCUT2D eigenvalue weighted by Gasteiger charge is 2.09. The molecule has 4 aromatic rings. The van der Waals surface area contributed by atoms with E-state index in [0.29, 0.717) is 38.8 Å². The average molecular weight is 488 g/mol. The summed E-state index contributed by atoms with van der Waals surface area (Å²) in [7, 11) is 0. The van der Waals surface area contributed by atoms with Crippen molar-refractivity contribution in [3.05, 3.63) is 82.4 Å². The van der Waals surface area contributed by atoms with E-state index in [9.17, 15) is 4.39 Å². The molecular formula is C22H16Cl2FN5OS. The van der Waals surface area contributed by atoms with E-state index in [-0.39, 0.29) is 10.9 Å². The van der Waals surface area contributed by atoms with Crippen molar-refractivity contribution in [2.24, 2.45) is 5.10 Å². The van der Waals surface area contributed by atoms with E-state index in [4.69, 9.17) is 40.2 Å². The zero-order chi connectivity index (χ0) is 22.7. The summed E-state index contributed by atoms with van der Waals surface area (Å²) in [5.74, 6) is 1.38. The standard InChI is InChI=1S/C22H16Cl2FN5OS/c1-12(29-30-22(32)28-18-8-2-13(23)10-17(18)24)21-26-19-9-7-16(11-20(19)27-21)31-15-5-3-14(25)4-6-15/h2-11H,1H3,(H,26,27)(H2,28,30,32)/b29-12+. The minimum atomic E-state index is -0.319. The van der Waals surface area contributed by atoms with Crippen LogP contribution in [0.1, 0.15) is 12.7 Å². The Morgan fingerprint density at radius 2 is 1.81 bits per heavy atom. The number of hydrazone groups is 1. The Kier molecular flexibility index (Phi) is 6.55. The molecule has 0 saturated heterocycles. The SMILES string of the molecule is C/C(=N\NC(=S)Nc1ccc(Cl)cc1Cl)c1nc2ccc(Oc3ccc(F)cc3)cc2[nH]1.